The summed E-state index contributed by atoms with van der Waals surface area (Å²) in [7, 11) is 0. The number of rotatable bonds is 9. The molecule has 1 unspecified atom stereocenters. The Morgan fingerprint density at radius 2 is 1.74 bits per heavy atom. The molecular formula is C24H40N4O3. The summed E-state index contributed by atoms with van der Waals surface area (Å²) in [5.41, 5.74) is 1.32. The van der Waals surface area contributed by atoms with Gasteiger partial charge in [-0.3, -0.25) is 9.89 Å². The van der Waals surface area contributed by atoms with E-state index in [-0.39, 0.29) is 5.41 Å². The van der Waals surface area contributed by atoms with Gasteiger partial charge in [0.25, 0.3) is 0 Å². The number of guanidine groups is 1. The van der Waals surface area contributed by atoms with Gasteiger partial charge in [-0.1, -0.05) is 12.1 Å². The predicted octanol–water partition coefficient (Wildman–Crippen LogP) is 2.41. The van der Waals surface area contributed by atoms with E-state index in [1.165, 1.54) is 5.56 Å². The first-order valence-electron chi connectivity index (χ1n) is 11.8. The summed E-state index contributed by atoms with van der Waals surface area (Å²) in [5.74, 6) is 1.81. The molecule has 0 spiro atoms. The third kappa shape index (κ3) is 6.82. The monoisotopic (exact) mass is 432 g/mol. The molecule has 0 aliphatic carbocycles. The Morgan fingerprint density at radius 3 is 2.39 bits per heavy atom. The molecular weight excluding hydrogens is 392 g/mol. The average Bonchev–Trinajstić information content (AvgIpc) is 2.82. The van der Waals surface area contributed by atoms with Crippen molar-refractivity contribution in [2.75, 3.05) is 65.8 Å². The van der Waals surface area contributed by atoms with Crippen molar-refractivity contribution in [3.8, 4) is 5.75 Å². The summed E-state index contributed by atoms with van der Waals surface area (Å²) >= 11 is 0. The van der Waals surface area contributed by atoms with Crippen molar-refractivity contribution < 1.29 is 14.2 Å². The molecule has 1 aromatic carbocycles. The van der Waals surface area contributed by atoms with Crippen LogP contribution in [0.15, 0.2) is 29.3 Å². The van der Waals surface area contributed by atoms with E-state index in [0.717, 1.165) is 83.7 Å². The number of hydrogen-bond donors (Lipinski definition) is 2. The van der Waals surface area contributed by atoms with Gasteiger partial charge >= 0.3 is 0 Å². The molecule has 2 aliphatic rings. The third-order valence-corrected chi connectivity index (χ3v) is 6.35. The van der Waals surface area contributed by atoms with Crippen LogP contribution in [-0.2, 0) is 14.9 Å². The van der Waals surface area contributed by atoms with Gasteiger partial charge in [0.15, 0.2) is 5.96 Å². The number of ether oxygens (including phenoxy) is 3. The van der Waals surface area contributed by atoms with Crippen molar-refractivity contribution in [3.05, 3.63) is 29.8 Å². The lowest BCUT2D eigenvalue weighted by atomic mass is 9.74. The Kier molecular flexibility index (Phi) is 9.43. The summed E-state index contributed by atoms with van der Waals surface area (Å²) in [6.45, 7) is 14.7. The Hall–Kier alpha value is -1.83. The number of morpholine rings is 1. The quantitative estimate of drug-likeness (QED) is 0.461. The highest BCUT2D eigenvalue weighted by Crippen LogP contribution is 2.36. The lowest BCUT2D eigenvalue weighted by molar-refractivity contribution is 0.0211. The normalized spacial score (nSPS) is 20.8. The van der Waals surface area contributed by atoms with Gasteiger partial charge in [-0.2, -0.15) is 0 Å². The molecule has 0 aromatic heterocycles. The first-order valence-corrected chi connectivity index (χ1v) is 11.8. The molecule has 2 aliphatic heterocycles. The highest BCUT2D eigenvalue weighted by molar-refractivity contribution is 5.79. The molecule has 2 fully saturated rings. The van der Waals surface area contributed by atoms with Crippen LogP contribution in [-0.4, -0.2) is 82.7 Å². The lowest BCUT2D eigenvalue weighted by Gasteiger charge is -2.37. The molecule has 0 bridgehead atoms. The third-order valence-electron chi connectivity index (χ3n) is 6.35. The van der Waals surface area contributed by atoms with Crippen molar-refractivity contribution in [1.29, 1.82) is 0 Å². The molecule has 31 heavy (non-hydrogen) atoms. The second kappa shape index (κ2) is 12.3. The Balaban J connectivity index is 1.67. The zero-order valence-electron chi connectivity index (χ0n) is 19.5. The van der Waals surface area contributed by atoms with Crippen LogP contribution in [0, 0.1) is 0 Å². The van der Waals surface area contributed by atoms with Gasteiger partial charge in [-0.05, 0) is 51.3 Å². The van der Waals surface area contributed by atoms with E-state index in [4.69, 9.17) is 19.2 Å². The zero-order chi connectivity index (χ0) is 21.9. The van der Waals surface area contributed by atoms with E-state index in [1.54, 1.807) is 0 Å². The molecule has 174 valence electrons. The first kappa shape index (κ1) is 23.8. The molecule has 0 amide bonds. The van der Waals surface area contributed by atoms with E-state index in [9.17, 15) is 0 Å². The minimum Gasteiger partial charge on any atom is -0.494 e. The van der Waals surface area contributed by atoms with Gasteiger partial charge < -0.3 is 24.8 Å². The summed E-state index contributed by atoms with van der Waals surface area (Å²) in [6, 6.07) is 9.00. The van der Waals surface area contributed by atoms with Crippen LogP contribution in [0.2, 0.25) is 0 Å². The molecule has 0 radical (unpaired) electrons. The molecule has 1 atom stereocenters. The number of nitrogens with one attached hydrogen (secondary N) is 2. The Bertz CT molecular complexity index is 668. The van der Waals surface area contributed by atoms with Gasteiger partial charge in [0.05, 0.1) is 26.4 Å². The minimum atomic E-state index is 0.00116. The topological polar surface area (TPSA) is 67.4 Å². The van der Waals surface area contributed by atoms with E-state index < -0.39 is 0 Å². The molecule has 7 nitrogen and oxygen atoms in total. The summed E-state index contributed by atoms with van der Waals surface area (Å²) in [6.07, 6.45) is 1.96. The van der Waals surface area contributed by atoms with Crippen LogP contribution in [0.5, 0.6) is 5.75 Å². The van der Waals surface area contributed by atoms with Gasteiger partial charge in [-0.25, -0.2) is 0 Å². The molecule has 7 heteroatoms. The first-order chi connectivity index (χ1) is 15.2. The standard InChI is InChI=1S/C24H40N4O3/c1-4-25-23(26-18-20(3)28-12-16-30-17-13-28)27-19-24(10-14-29-15-11-24)21-6-8-22(9-7-21)31-5-2/h6-9,20H,4-5,10-19H2,1-3H3,(H2,25,26,27). The minimum absolute atomic E-state index is 0.00116. The average molecular weight is 433 g/mol. The number of nitrogens with zero attached hydrogens (tertiary/aromatic N) is 2. The van der Waals surface area contributed by atoms with Crippen LogP contribution in [0.3, 0.4) is 0 Å². The van der Waals surface area contributed by atoms with Gasteiger partial charge in [-0.15, -0.1) is 0 Å². The van der Waals surface area contributed by atoms with Gasteiger partial charge in [0.2, 0.25) is 0 Å². The van der Waals surface area contributed by atoms with Crippen molar-refractivity contribution in [2.45, 2.75) is 45.1 Å². The molecule has 2 saturated heterocycles. The molecule has 2 heterocycles. The number of hydrogen-bond acceptors (Lipinski definition) is 5. The second-order valence-corrected chi connectivity index (χ2v) is 8.42. The maximum Gasteiger partial charge on any atom is 0.191 e. The van der Waals surface area contributed by atoms with E-state index in [0.29, 0.717) is 12.6 Å². The zero-order valence-corrected chi connectivity index (χ0v) is 19.5. The van der Waals surface area contributed by atoms with Crippen molar-refractivity contribution in [3.63, 3.8) is 0 Å². The number of aliphatic imine (C=N–C) groups is 1. The Morgan fingerprint density at radius 1 is 1.06 bits per heavy atom. The molecule has 2 N–H and O–H groups in total. The SMILES string of the molecule is CCNC(=NCC1(c2ccc(OCC)cc2)CCOCC1)NCC(C)N1CCOCC1. The highest BCUT2D eigenvalue weighted by Gasteiger charge is 2.34. The van der Waals surface area contributed by atoms with E-state index >= 15 is 0 Å². The summed E-state index contributed by atoms with van der Waals surface area (Å²) in [5, 5.41) is 6.98. The fourth-order valence-corrected chi connectivity index (χ4v) is 4.34. The smallest absolute Gasteiger partial charge is 0.191 e. The molecule has 0 saturated carbocycles. The van der Waals surface area contributed by atoms with Crippen molar-refractivity contribution in [1.82, 2.24) is 15.5 Å². The molecule has 1 aromatic rings. The summed E-state index contributed by atoms with van der Waals surface area (Å²) in [4.78, 5) is 7.50. The fourth-order valence-electron chi connectivity index (χ4n) is 4.34. The second-order valence-electron chi connectivity index (χ2n) is 8.42. The predicted molar refractivity (Wildman–Crippen MR) is 125 cm³/mol. The lowest BCUT2D eigenvalue weighted by Crippen LogP contribution is -2.49. The van der Waals surface area contributed by atoms with Gasteiger partial charge in [0.1, 0.15) is 5.75 Å². The van der Waals surface area contributed by atoms with Crippen LogP contribution < -0.4 is 15.4 Å². The Labute approximate surface area is 187 Å². The van der Waals surface area contributed by atoms with Crippen LogP contribution >= 0.6 is 0 Å². The van der Waals surface area contributed by atoms with Crippen molar-refractivity contribution >= 4 is 5.96 Å². The largest absolute Gasteiger partial charge is 0.494 e. The van der Waals surface area contributed by atoms with Gasteiger partial charge in [0, 0.05) is 50.8 Å². The van der Waals surface area contributed by atoms with Crippen LogP contribution in [0.4, 0.5) is 0 Å². The fraction of sp³-hybridized carbons (Fsp3) is 0.708. The van der Waals surface area contributed by atoms with Crippen molar-refractivity contribution in [2.24, 2.45) is 4.99 Å². The maximum absolute atomic E-state index is 5.69. The number of benzene rings is 1. The van der Waals surface area contributed by atoms with E-state index in [2.05, 4.69) is 53.6 Å². The molecule has 3 rings (SSSR count). The summed E-state index contributed by atoms with van der Waals surface area (Å²) < 4.78 is 16.8. The maximum atomic E-state index is 5.69. The van der Waals surface area contributed by atoms with Crippen LogP contribution in [0.25, 0.3) is 0 Å². The highest BCUT2D eigenvalue weighted by atomic mass is 16.5. The van der Waals surface area contributed by atoms with Crippen LogP contribution in [0.1, 0.15) is 39.2 Å². The van der Waals surface area contributed by atoms with E-state index in [1.807, 2.05) is 6.92 Å².